The van der Waals surface area contributed by atoms with Crippen molar-refractivity contribution in [3.05, 3.63) is 52.4 Å². The molecule has 0 radical (unpaired) electrons. The Morgan fingerprint density at radius 2 is 2.19 bits per heavy atom. The standard InChI is InChI=1S/C16H17N3O2/c20-19(21)16-6-5-15(14-11-17-9-8-13(14)16)18-10-7-12-3-1-2-4-12/h3,5-6,8-9,11,18H,1-2,4,7,10H2. The zero-order valence-corrected chi connectivity index (χ0v) is 11.7. The number of rotatable bonds is 5. The van der Waals surface area contributed by atoms with Crippen molar-refractivity contribution in [2.45, 2.75) is 25.7 Å². The van der Waals surface area contributed by atoms with Gasteiger partial charge in [-0.05, 0) is 37.8 Å². The third-order valence-corrected chi connectivity index (χ3v) is 3.89. The molecule has 1 heterocycles. The van der Waals surface area contributed by atoms with Crippen LogP contribution in [0.3, 0.4) is 0 Å². The number of aromatic nitrogens is 1. The molecular weight excluding hydrogens is 266 g/mol. The Balaban J connectivity index is 1.82. The van der Waals surface area contributed by atoms with E-state index in [-0.39, 0.29) is 10.6 Å². The van der Waals surface area contributed by atoms with Gasteiger partial charge in [0, 0.05) is 36.1 Å². The van der Waals surface area contributed by atoms with E-state index >= 15 is 0 Å². The van der Waals surface area contributed by atoms with Gasteiger partial charge in [0.15, 0.2) is 0 Å². The number of nitro groups is 1. The Kier molecular flexibility index (Phi) is 3.81. The molecule has 0 amide bonds. The van der Waals surface area contributed by atoms with Crippen molar-refractivity contribution >= 4 is 22.1 Å². The van der Waals surface area contributed by atoms with Gasteiger partial charge in [0.25, 0.3) is 5.69 Å². The Bertz CT molecular complexity index is 710. The lowest BCUT2D eigenvalue weighted by Gasteiger charge is -2.10. The highest BCUT2D eigenvalue weighted by molar-refractivity contribution is 5.99. The highest BCUT2D eigenvalue weighted by Crippen LogP contribution is 2.31. The van der Waals surface area contributed by atoms with E-state index in [0.717, 1.165) is 24.0 Å². The van der Waals surface area contributed by atoms with Gasteiger partial charge in [-0.1, -0.05) is 11.6 Å². The highest BCUT2D eigenvalue weighted by Gasteiger charge is 2.14. The second-order valence-corrected chi connectivity index (χ2v) is 5.24. The second-order valence-electron chi connectivity index (χ2n) is 5.24. The van der Waals surface area contributed by atoms with Crippen LogP contribution >= 0.6 is 0 Å². The molecule has 1 N–H and O–H groups in total. The fourth-order valence-corrected chi connectivity index (χ4v) is 2.81. The molecular formula is C16H17N3O2. The molecule has 2 aromatic rings. The summed E-state index contributed by atoms with van der Waals surface area (Å²) in [4.78, 5) is 14.8. The maximum Gasteiger partial charge on any atom is 0.277 e. The zero-order valence-electron chi connectivity index (χ0n) is 11.7. The molecule has 5 heteroatoms. The summed E-state index contributed by atoms with van der Waals surface area (Å²) in [6.07, 6.45) is 10.3. The largest absolute Gasteiger partial charge is 0.384 e. The first-order valence-corrected chi connectivity index (χ1v) is 7.18. The number of anilines is 1. The summed E-state index contributed by atoms with van der Waals surface area (Å²) in [5.41, 5.74) is 2.53. The molecule has 0 unspecified atom stereocenters. The van der Waals surface area contributed by atoms with Gasteiger partial charge >= 0.3 is 0 Å². The molecule has 1 aliphatic rings. The van der Waals surface area contributed by atoms with Crippen LogP contribution in [0.25, 0.3) is 10.8 Å². The number of nitrogens with one attached hydrogen (secondary N) is 1. The first kappa shape index (κ1) is 13.5. The molecule has 0 saturated heterocycles. The van der Waals surface area contributed by atoms with Gasteiger partial charge in [0.05, 0.1) is 10.3 Å². The van der Waals surface area contributed by atoms with Crippen molar-refractivity contribution in [1.82, 2.24) is 4.98 Å². The number of hydrogen-bond donors (Lipinski definition) is 1. The zero-order chi connectivity index (χ0) is 14.7. The lowest BCUT2D eigenvalue weighted by molar-refractivity contribution is -0.383. The van der Waals surface area contributed by atoms with Crippen molar-refractivity contribution in [3.63, 3.8) is 0 Å². The average molecular weight is 283 g/mol. The van der Waals surface area contributed by atoms with Gasteiger partial charge in [-0.2, -0.15) is 0 Å². The molecule has 21 heavy (non-hydrogen) atoms. The van der Waals surface area contributed by atoms with Crippen LogP contribution in [0, 0.1) is 10.1 Å². The fraction of sp³-hybridized carbons (Fsp3) is 0.312. The quantitative estimate of drug-likeness (QED) is 0.510. The van der Waals surface area contributed by atoms with Crippen LogP contribution in [0.2, 0.25) is 0 Å². The highest BCUT2D eigenvalue weighted by atomic mass is 16.6. The monoisotopic (exact) mass is 283 g/mol. The summed E-state index contributed by atoms with van der Waals surface area (Å²) in [6, 6.07) is 5.02. The predicted octanol–water partition coefficient (Wildman–Crippen LogP) is 4.06. The van der Waals surface area contributed by atoms with Crippen molar-refractivity contribution < 1.29 is 4.92 Å². The minimum Gasteiger partial charge on any atom is -0.384 e. The minimum atomic E-state index is -0.352. The molecule has 0 atom stereocenters. The maximum atomic E-state index is 11.1. The van der Waals surface area contributed by atoms with Gasteiger partial charge in [-0.15, -0.1) is 0 Å². The van der Waals surface area contributed by atoms with Crippen LogP contribution in [0.4, 0.5) is 11.4 Å². The van der Waals surface area contributed by atoms with Crippen LogP contribution in [-0.4, -0.2) is 16.5 Å². The first-order chi connectivity index (χ1) is 10.3. The predicted molar refractivity (Wildman–Crippen MR) is 83.4 cm³/mol. The molecule has 0 bridgehead atoms. The fourth-order valence-electron chi connectivity index (χ4n) is 2.81. The number of benzene rings is 1. The molecule has 1 aromatic heterocycles. The SMILES string of the molecule is O=[N+]([O-])c1ccc(NCCC2=CCCC2)c2cnccc12. The Morgan fingerprint density at radius 3 is 2.95 bits per heavy atom. The molecule has 1 aromatic carbocycles. The molecule has 108 valence electrons. The van der Waals surface area contributed by atoms with E-state index in [1.165, 1.54) is 24.8 Å². The van der Waals surface area contributed by atoms with E-state index in [0.29, 0.717) is 5.39 Å². The Labute approximate surface area is 122 Å². The number of nitro benzene ring substituents is 1. The summed E-state index contributed by atoms with van der Waals surface area (Å²) in [5, 5.41) is 15.9. The van der Waals surface area contributed by atoms with Crippen LogP contribution in [0.1, 0.15) is 25.7 Å². The van der Waals surface area contributed by atoms with Gasteiger partial charge in [-0.3, -0.25) is 15.1 Å². The Hall–Kier alpha value is -2.43. The van der Waals surface area contributed by atoms with Crippen LogP contribution in [0.15, 0.2) is 42.2 Å². The van der Waals surface area contributed by atoms with E-state index in [9.17, 15) is 10.1 Å². The first-order valence-electron chi connectivity index (χ1n) is 7.18. The number of non-ortho nitro benzene ring substituents is 1. The van der Waals surface area contributed by atoms with E-state index in [1.54, 1.807) is 30.6 Å². The smallest absolute Gasteiger partial charge is 0.277 e. The van der Waals surface area contributed by atoms with E-state index in [2.05, 4.69) is 16.4 Å². The van der Waals surface area contributed by atoms with Crippen LogP contribution < -0.4 is 5.32 Å². The molecule has 0 saturated carbocycles. The van der Waals surface area contributed by atoms with Crippen molar-refractivity contribution in [2.75, 3.05) is 11.9 Å². The lowest BCUT2D eigenvalue weighted by atomic mass is 10.1. The van der Waals surface area contributed by atoms with Crippen LogP contribution in [-0.2, 0) is 0 Å². The maximum absolute atomic E-state index is 11.1. The number of fused-ring (bicyclic) bond motifs is 1. The molecule has 0 aliphatic heterocycles. The molecule has 5 nitrogen and oxygen atoms in total. The van der Waals surface area contributed by atoms with E-state index in [4.69, 9.17) is 0 Å². The Morgan fingerprint density at radius 1 is 1.29 bits per heavy atom. The van der Waals surface area contributed by atoms with Gasteiger partial charge in [0.1, 0.15) is 0 Å². The topological polar surface area (TPSA) is 68.1 Å². The normalized spacial score (nSPS) is 14.2. The third kappa shape index (κ3) is 2.86. The summed E-state index contributed by atoms with van der Waals surface area (Å²) < 4.78 is 0. The lowest BCUT2D eigenvalue weighted by Crippen LogP contribution is -2.03. The molecule has 0 fully saturated rings. The summed E-state index contributed by atoms with van der Waals surface area (Å²) in [5.74, 6) is 0. The number of nitrogens with zero attached hydrogens (tertiary/aromatic N) is 2. The minimum absolute atomic E-state index is 0.122. The molecule has 3 rings (SSSR count). The van der Waals surface area contributed by atoms with E-state index in [1.807, 2.05) is 0 Å². The van der Waals surface area contributed by atoms with Crippen molar-refractivity contribution in [3.8, 4) is 0 Å². The number of hydrogen-bond acceptors (Lipinski definition) is 4. The van der Waals surface area contributed by atoms with Crippen molar-refractivity contribution in [1.29, 1.82) is 0 Å². The van der Waals surface area contributed by atoms with E-state index < -0.39 is 0 Å². The van der Waals surface area contributed by atoms with Gasteiger partial charge < -0.3 is 5.32 Å². The van der Waals surface area contributed by atoms with Gasteiger partial charge in [0.2, 0.25) is 0 Å². The van der Waals surface area contributed by atoms with Gasteiger partial charge in [-0.25, -0.2) is 0 Å². The molecule has 0 spiro atoms. The average Bonchev–Trinajstić information content (AvgIpc) is 3.00. The molecule has 1 aliphatic carbocycles. The third-order valence-electron chi connectivity index (χ3n) is 3.89. The number of pyridine rings is 1. The summed E-state index contributed by atoms with van der Waals surface area (Å²) >= 11 is 0. The second kappa shape index (κ2) is 5.91. The summed E-state index contributed by atoms with van der Waals surface area (Å²) in [7, 11) is 0. The summed E-state index contributed by atoms with van der Waals surface area (Å²) in [6.45, 7) is 0.841. The van der Waals surface area contributed by atoms with Crippen LogP contribution in [0.5, 0.6) is 0 Å². The number of allylic oxidation sites excluding steroid dienone is 1. The van der Waals surface area contributed by atoms with Crippen molar-refractivity contribution in [2.24, 2.45) is 0 Å².